The van der Waals surface area contributed by atoms with Crippen molar-refractivity contribution in [2.75, 3.05) is 0 Å². The van der Waals surface area contributed by atoms with E-state index < -0.39 is 10.8 Å². The Labute approximate surface area is 151 Å². The van der Waals surface area contributed by atoms with Crippen LogP contribution in [0.25, 0.3) is 10.9 Å². The largest absolute Gasteiger partial charge is 0.345 e. The molecule has 1 aromatic heterocycles. The van der Waals surface area contributed by atoms with Crippen LogP contribution in [0.3, 0.4) is 0 Å². The number of carbonyl (C=O) groups is 1. The lowest BCUT2D eigenvalue weighted by atomic mass is 10.1. The molecular formula is C17H13BrN4O3. The minimum absolute atomic E-state index is 0.0713. The third-order valence-electron chi connectivity index (χ3n) is 3.74. The minimum Gasteiger partial charge on any atom is -0.345 e. The lowest BCUT2D eigenvalue weighted by Gasteiger charge is -1.99. The van der Waals surface area contributed by atoms with Gasteiger partial charge in [-0.2, -0.15) is 5.10 Å². The molecule has 0 aliphatic carbocycles. The number of hydrazone groups is 1. The first-order valence-corrected chi connectivity index (χ1v) is 8.11. The summed E-state index contributed by atoms with van der Waals surface area (Å²) in [5, 5.41) is 15.7. The van der Waals surface area contributed by atoms with Gasteiger partial charge in [0, 0.05) is 15.9 Å². The second-order valence-electron chi connectivity index (χ2n) is 5.33. The molecule has 0 aliphatic rings. The van der Waals surface area contributed by atoms with Crippen LogP contribution in [0.5, 0.6) is 0 Å². The Balaban J connectivity index is 1.85. The summed E-state index contributed by atoms with van der Waals surface area (Å²) in [4.78, 5) is 25.8. The summed E-state index contributed by atoms with van der Waals surface area (Å²) in [6.07, 6.45) is 1.52. The van der Waals surface area contributed by atoms with Gasteiger partial charge in [0.1, 0.15) is 11.2 Å². The zero-order valence-electron chi connectivity index (χ0n) is 13.1. The molecule has 2 N–H and O–H groups in total. The molecule has 8 heteroatoms. The van der Waals surface area contributed by atoms with Gasteiger partial charge in [-0.1, -0.05) is 40.2 Å². The highest BCUT2D eigenvalue weighted by atomic mass is 79.9. The third kappa shape index (κ3) is 3.43. The fourth-order valence-corrected chi connectivity index (χ4v) is 2.75. The van der Waals surface area contributed by atoms with Crippen molar-refractivity contribution in [3.8, 4) is 0 Å². The van der Waals surface area contributed by atoms with Crippen molar-refractivity contribution in [3.05, 3.63) is 73.9 Å². The first kappa shape index (κ1) is 16.8. The minimum atomic E-state index is -0.481. The summed E-state index contributed by atoms with van der Waals surface area (Å²) in [5.74, 6) is -0.462. The van der Waals surface area contributed by atoms with E-state index >= 15 is 0 Å². The predicted molar refractivity (Wildman–Crippen MR) is 98.9 cm³/mol. The van der Waals surface area contributed by atoms with Crippen molar-refractivity contribution in [2.24, 2.45) is 5.10 Å². The number of aromatic amines is 1. The van der Waals surface area contributed by atoms with Gasteiger partial charge in [-0.05, 0) is 30.2 Å². The zero-order valence-corrected chi connectivity index (χ0v) is 14.7. The van der Waals surface area contributed by atoms with Gasteiger partial charge in [0.05, 0.1) is 11.1 Å². The normalized spacial score (nSPS) is 11.1. The standard InChI is InChI=1S/C17H13BrN4O3/c1-10-13-3-2-4-14(22(24)25)16(13)20-15(10)17(23)21-19-9-11-5-7-12(18)8-6-11/h2-9,20H,1H3,(H,21,23)/b19-9+. The Kier molecular flexibility index (Phi) is 4.62. The van der Waals surface area contributed by atoms with Crippen molar-refractivity contribution in [2.45, 2.75) is 6.92 Å². The molecule has 0 unspecified atom stereocenters. The molecule has 0 spiro atoms. The maximum atomic E-state index is 12.3. The highest BCUT2D eigenvalue weighted by Gasteiger charge is 2.20. The molecule has 7 nitrogen and oxygen atoms in total. The van der Waals surface area contributed by atoms with E-state index in [1.807, 2.05) is 24.3 Å². The summed E-state index contributed by atoms with van der Waals surface area (Å²) in [6.45, 7) is 1.73. The fraction of sp³-hybridized carbons (Fsp3) is 0.0588. The van der Waals surface area contributed by atoms with Gasteiger partial charge < -0.3 is 4.98 Å². The smallest absolute Gasteiger partial charge is 0.293 e. The highest BCUT2D eigenvalue weighted by molar-refractivity contribution is 9.10. The van der Waals surface area contributed by atoms with Crippen LogP contribution >= 0.6 is 15.9 Å². The van der Waals surface area contributed by atoms with Crippen molar-refractivity contribution in [1.82, 2.24) is 10.4 Å². The lowest BCUT2D eigenvalue weighted by Crippen LogP contribution is -2.18. The monoisotopic (exact) mass is 400 g/mol. The van der Waals surface area contributed by atoms with E-state index in [9.17, 15) is 14.9 Å². The lowest BCUT2D eigenvalue weighted by molar-refractivity contribution is -0.383. The molecule has 0 saturated heterocycles. The predicted octanol–water partition coefficient (Wildman–Crippen LogP) is 3.91. The Morgan fingerprint density at radius 1 is 1.28 bits per heavy atom. The number of halogens is 1. The van der Waals surface area contributed by atoms with Crippen LogP contribution < -0.4 is 5.43 Å². The van der Waals surface area contributed by atoms with E-state index in [-0.39, 0.29) is 11.4 Å². The maximum Gasteiger partial charge on any atom is 0.293 e. The number of nitro groups is 1. The SMILES string of the molecule is Cc1c(C(=O)N/N=C/c2ccc(Br)cc2)[nH]c2c([N+](=O)[O-])cccc12. The summed E-state index contributed by atoms with van der Waals surface area (Å²) >= 11 is 3.34. The number of benzene rings is 2. The van der Waals surface area contributed by atoms with Gasteiger partial charge in [-0.3, -0.25) is 14.9 Å². The summed E-state index contributed by atoms with van der Waals surface area (Å²) in [5.41, 5.74) is 4.39. The summed E-state index contributed by atoms with van der Waals surface area (Å²) in [7, 11) is 0. The number of non-ortho nitro benzene ring substituents is 1. The number of hydrogen-bond donors (Lipinski definition) is 2. The van der Waals surface area contributed by atoms with Gasteiger partial charge in [-0.25, -0.2) is 5.43 Å². The number of H-pyrrole nitrogens is 1. The summed E-state index contributed by atoms with van der Waals surface area (Å²) in [6, 6.07) is 12.1. The van der Waals surface area contributed by atoms with Crippen LogP contribution in [0.1, 0.15) is 21.6 Å². The van der Waals surface area contributed by atoms with Crippen molar-refractivity contribution in [1.29, 1.82) is 0 Å². The molecular weight excluding hydrogens is 388 g/mol. The number of para-hydroxylation sites is 1. The molecule has 3 rings (SSSR count). The number of nitrogens with one attached hydrogen (secondary N) is 2. The van der Waals surface area contributed by atoms with Crippen LogP contribution in [0.2, 0.25) is 0 Å². The Morgan fingerprint density at radius 3 is 2.68 bits per heavy atom. The quantitative estimate of drug-likeness (QED) is 0.394. The van der Waals surface area contributed by atoms with Gasteiger partial charge in [0.2, 0.25) is 0 Å². The maximum absolute atomic E-state index is 12.3. The Hall–Kier alpha value is -3.00. The number of nitro benzene ring substituents is 1. The molecule has 1 amide bonds. The second-order valence-corrected chi connectivity index (χ2v) is 6.25. The van der Waals surface area contributed by atoms with Gasteiger partial charge in [0.15, 0.2) is 0 Å². The van der Waals surface area contributed by atoms with E-state index in [0.29, 0.717) is 16.5 Å². The van der Waals surface area contributed by atoms with E-state index in [1.165, 1.54) is 12.3 Å². The number of fused-ring (bicyclic) bond motifs is 1. The van der Waals surface area contributed by atoms with Crippen LogP contribution in [-0.4, -0.2) is 22.0 Å². The molecule has 25 heavy (non-hydrogen) atoms. The third-order valence-corrected chi connectivity index (χ3v) is 4.27. The molecule has 3 aromatic rings. The van der Waals surface area contributed by atoms with Crippen LogP contribution in [-0.2, 0) is 0 Å². The highest BCUT2D eigenvalue weighted by Crippen LogP contribution is 2.29. The van der Waals surface area contributed by atoms with E-state index in [0.717, 1.165) is 10.0 Å². The number of carbonyl (C=O) groups excluding carboxylic acids is 1. The topological polar surface area (TPSA) is 100 Å². The number of nitrogens with zero attached hydrogens (tertiary/aromatic N) is 2. The molecule has 126 valence electrons. The first-order chi connectivity index (χ1) is 12.0. The molecule has 2 aromatic carbocycles. The van der Waals surface area contributed by atoms with Crippen LogP contribution in [0.15, 0.2) is 52.0 Å². The van der Waals surface area contributed by atoms with Gasteiger partial charge >= 0.3 is 0 Å². The van der Waals surface area contributed by atoms with Gasteiger partial charge in [0.25, 0.3) is 11.6 Å². The Bertz CT molecular complexity index is 993. The molecule has 0 aliphatic heterocycles. The van der Waals surface area contributed by atoms with E-state index in [1.54, 1.807) is 19.1 Å². The van der Waals surface area contributed by atoms with E-state index in [4.69, 9.17) is 0 Å². The zero-order chi connectivity index (χ0) is 18.0. The number of amides is 1. The Morgan fingerprint density at radius 2 is 2.00 bits per heavy atom. The van der Waals surface area contributed by atoms with Crippen molar-refractivity contribution in [3.63, 3.8) is 0 Å². The van der Waals surface area contributed by atoms with Crippen LogP contribution in [0, 0.1) is 17.0 Å². The second kappa shape index (κ2) is 6.86. The molecule has 0 bridgehead atoms. The average molecular weight is 401 g/mol. The molecule has 0 atom stereocenters. The number of aryl methyl sites for hydroxylation is 1. The van der Waals surface area contributed by atoms with Gasteiger partial charge in [-0.15, -0.1) is 0 Å². The molecule has 0 radical (unpaired) electrons. The first-order valence-electron chi connectivity index (χ1n) is 7.32. The molecule has 0 saturated carbocycles. The fourth-order valence-electron chi connectivity index (χ4n) is 2.49. The number of aromatic nitrogens is 1. The van der Waals surface area contributed by atoms with Crippen molar-refractivity contribution >= 4 is 44.6 Å². The van der Waals surface area contributed by atoms with E-state index in [2.05, 4.69) is 31.4 Å². The number of rotatable bonds is 4. The molecule has 1 heterocycles. The van der Waals surface area contributed by atoms with Crippen LogP contribution in [0.4, 0.5) is 5.69 Å². The van der Waals surface area contributed by atoms with Crippen molar-refractivity contribution < 1.29 is 9.72 Å². The molecule has 0 fully saturated rings. The summed E-state index contributed by atoms with van der Waals surface area (Å²) < 4.78 is 0.948. The average Bonchev–Trinajstić information content (AvgIpc) is 2.93. The number of hydrogen-bond acceptors (Lipinski definition) is 4.